The van der Waals surface area contributed by atoms with Crippen molar-refractivity contribution in [1.82, 2.24) is 0 Å². The minimum atomic E-state index is -1.59. The van der Waals surface area contributed by atoms with Crippen molar-refractivity contribution < 1.29 is 4.74 Å². The molecule has 1 fully saturated rings. The zero-order valence-corrected chi connectivity index (χ0v) is 11.9. The molecule has 2 aliphatic rings. The fourth-order valence-corrected chi connectivity index (χ4v) is 2.79. The molecule has 0 N–H and O–H groups in total. The van der Waals surface area contributed by atoms with Crippen LogP contribution < -0.4 is 0 Å². The molecule has 1 heterocycles. The van der Waals surface area contributed by atoms with E-state index in [-0.39, 0.29) is 12.0 Å². The number of aliphatic imine (C=N–C) groups is 1. The summed E-state index contributed by atoms with van der Waals surface area (Å²) in [5.74, 6) is 0.715. The van der Waals surface area contributed by atoms with Crippen LogP contribution in [0.25, 0.3) is 0 Å². The molecular weight excluding hydrogens is 280 g/mol. The molecule has 0 bridgehead atoms. The first-order valence-electron chi connectivity index (χ1n) is 5.97. The first-order valence-corrected chi connectivity index (χ1v) is 7.10. The number of nitrogens with zero attached hydrogens (tertiary/aromatic N) is 1. The fraction of sp³-hybridized carbons (Fsp3) is 0.750. The molecular formula is C12H16Cl3NO. The molecule has 0 aromatic carbocycles. The Bertz CT molecular complexity index is 329. The van der Waals surface area contributed by atoms with E-state index in [1.165, 1.54) is 32.1 Å². The lowest BCUT2D eigenvalue weighted by Gasteiger charge is -2.34. The Kier molecular flexibility index (Phi) is 4.27. The summed E-state index contributed by atoms with van der Waals surface area (Å²) in [4.78, 5) is 4.10. The third-order valence-electron chi connectivity index (χ3n) is 3.38. The summed E-state index contributed by atoms with van der Waals surface area (Å²) < 4.78 is 4.17. The molecule has 0 aromatic heterocycles. The van der Waals surface area contributed by atoms with Gasteiger partial charge in [0.25, 0.3) is 3.79 Å². The number of hydrogen-bond acceptors (Lipinski definition) is 2. The van der Waals surface area contributed by atoms with Crippen LogP contribution in [0.1, 0.15) is 38.5 Å². The molecule has 2 rings (SSSR count). The molecule has 1 atom stereocenters. The van der Waals surface area contributed by atoms with Crippen LogP contribution in [0.4, 0.5) is 0 Å². The van der Waals surface area contributed by atoms with Crippen molar-refractivity contribution in [3.63, 3.8) is 0 Å². The Morgan fingerprint density at radius 3 is 2.41 bits per heavy atom. The number of alkyl halides is 3. The molecule has 0 saturated heterocycles. The summed E-state index contributed by atoms with van der Waals surface area (Å²) in [6.07, 6.45) is 7.03. The molecule has 0 amide bonds. The van der Waals surface area contributed by atoms with Gasteiger partial charge in [0.15, 0.2) is 0 Å². The molecule has 1 unspecified atom stereocenters. The molecule has 1 aliphatic carbocycles. The highest BCUT2D eigenvalue weighted by atomic mass is 35.6. The van der Waals surface area contributed by atoms with Crippen molar-refractivity contribution in [1.29, 1.82) is 0 Å². The SMILES string of the molecule is C=C1CC(C2CCCCC2)OC(C(Cl)(Cl)Cl)=N1. The zero-order chi connectivity index (χ0) is 12.5. The van der Waals surface area contributed by atoms with E-state index >= 15 is 0 Å². The highest BCUT2D eigenvalue weighted by Gasteiger charge is 2.37. The second kappa shape index (κ2) is 5.38. The number of hydrogen-bond donors (Lipinski definition) is 0. The van der Waals surface area contributed by atoms with Crippen LogP contribution in [0, 0.1) is 5.92 Å². The topological polar surface area (TPSA) is 21.6 Å². The van der Waals surface area contributed by atoms with E-state index in [4.69, 9.17) is 39.5 Å². The minimum Gasteiger partial charge on any atom is -0.474 e. The standard InChI is InChI=1S/C12H16Cl3NO/c1-8-7-10(9-5-3-2-4-6-9)17-11(16-8)12(13,14)15/h9-10H,1-7H2. The minimum absolute atomic E-state index is 0.0749. The molecule has 1 aliphatic heterocycles. The Labute approximate surface area is 117 Å². The zero-order valence-electron chi connectivity index (χ0n) is 9.59. The number of ether oxygens (including phenoxy) is 1. The quantitative estimate of drug-likeness (QED) is 0.646. The smallest absolute Gasteiger partial charge is 0.266 e. The summed E-state index contributed by atoms with van der Waals surface area (Å²) in [5, 5.41) is 0. The lowest BCUT2D eigenvalue weighted by molar-refractivity contribution is 0.0871. The van der Waals surface area contributed by atoms with E-state index in [0.717, 1.165) is 12.1 Å². The van der Waals surface area contributed by atoms with Gasteiger partial charge in [0.2, 0.25) is 5.90 Å². The Hall–Kier alpha value is 0.0800. The maximum absolute atomic E-state index is 5.82. The van der Waals surface area contributed by atoms with Gasteiger partial charge in [-0.15, -0.1) is 0 Å². The van der Waals surface area contributed by atoms with E-state index in [9.17, 15) is 0 Å². The van der Waals surface area contributed by atoms with Crippen LogP contribution in [-0.2, 0) is 4.74 Å². The lowest BCUT2D eigenvalue weighted by Crippen LogP contribution is -2.36. The average molecular weight is 297 g/mol. The van der Waals surface area contributed by atoms with Gasteiger partial charge in [-0.05, 0) is 18.8 Å². The first-order chi connectivity index (χ1) is 7.97. The largest absolute Gasteiger partial charge is 0.474 e. The molecule has 17 heavy (non-hydrogen) atoms. The van der Waals surface area contributed by atoms with Gasteiger partial charge in [0.1, 0.15) is 6.10 Å². The molecule has 96 valence electrons. The van der Waals surface area contributed by atoms with Crippen LogP contribution in [0.3, 0.4) is 0 Å². The summed E-state index contributed by atoms with van der Waals surface area (Å²) >= 11 is 17.4. The van der Waals surface area contributed by atoms with Crippen molar-refractivity contribution in [2.45, 2.75) is 48.4 Å². The maximum Gasteiger partial charge on any atom is 0.266 e. The van der Waals surface area contributed by atoms with Gasteiger partial charge in [-0.25, -0.2) is 4.99 Å². The molecule has 0 aromatic rings. The van der Waals surface area contributed by atoms with E-state index < -0.39 is 3.79 Å². The predicted molar refractivity (Wildman–Crippen MR) is 72.9 cm³/mol. The molecule has 0 spiro atoms. The van der Waals surface area contributed by atoms with Crippen molar-refractivity contribution in [2.75, 3.05) is 0 Å². The first kappa shape index (κ1) is 13.5. The van der Waals surface area contributed by atoms with E-state index in [1.807, 2.05) is 0 Å². The van der Waals surface area contributed by atoms with Gasteiger partial charge < -0.3 is 4.74 Å². The Balaban J connectivity index is 2.07. The van der Waals surface area contributed by atoms with Gasteiger partial charge in [-0.3, -0.25) is 0 Å². The van der Waals surface area contributed by atoms with Crippen molar-refractivity contribution in [3.8, 4) is 0 Å². The van der Waals surface area contributed by atoms with E-state index in [2.05, 4.69) is 11.6 Å². The third-order valence-corrected chi connectivity index (χ3v) is 3.86. The van der Waals surface area contributed by atoms with Crippen LogP contribution >= 0.6 is 34.8 Å². The maximum atomic E-state index is 5.82. The van der Waals surface area contributed by atoms with Gasteiger partial charge >= 0.3 is 0 Å². The van der Waals surface area contributed by atoms with Crippen molar-refractivity contribution in [3.05, 3.63) is 12.3 Å². The normalized spacial score (nSPS) is 27.6. The highest BCUT2D eigenvalue weighted by Crippen LogP contribution is 2.37. The second-order valence-corrected chi connectivity index (χ2v) is 7.02. The molecule has 1 saturated carbocycles. The van der Waals surface area contributed by atoms with Crippen molar-refractivity contribution >= 4 is 40.7 Å². The summed E-state index contributed by atoms with van der Waals surface area (Å²) in [6.45, 7) is 3.88. The second-order valence-electron chi connectivity index (χ2n) is 4.74. The Morgan fingerprint density at radius 1 is 1.18 bits per heavy atom. The third kappa shape index (κ3) is 3.52. The summed E-state index contributed by atoms with van der Waals surface area (Å²) in [6, 6.07) is 0. The van der Waals surface area contributed by atoms with E-state index in [0.29, 0.717) is 5.92 Å². The van der Waals surface area contributed by atoms with Gasteiger partial charge in [0, 0.05) is 12.1 Å². The molecule has 5 heteroatoms. The van der Waals surface area contributed by atoms with Gasteiger partial charge in [-0.2, -0.15) is 0 Å². The van der Waals surface area contributed by atoms with Crippen LogP contribution in [0.5, 0.6) is 0 Å². The average Bonchev–Trinajstić information content (AvgIpc) is 2.28. The van der Waals surface area contributed by atoms with Gasteiger partial charge in [0.05, 0.1) is 0 Å². The van der Waals surface area contributed by atoms with E-state index in [1.54, 1.807) is 0 Å². The Morgan fingerprint density at radius 2 is 1.82 bits per heavy atom. The number of rotatable bonds is 1. The predicted octanol–water partition coefficient (Wildman–Crippen LogP) is 4.64. The van der Waals surface area contributed by atoms with Crippen LogP contribution in [0.15, 0.2) is 17.3 Å². The monoisotopic (exact) mass is 295 g/mol. The number of halogens is 3. The van der Waals surface area contributed by atoms with Crippen LogP contribution in [0.2, 0.25) is 0 Å². The highest BCUT2D eigenvalue weighted by molar-refractivity contribution is 6.76. The van der Waals surface area contributed by atoms with Crippen LogP contribution in [-0.4, -0.2) is 15.8 Å². The lowest BCUT2D eigenvalue weighted by atomic mass is 9.83. The molecule has 2 nitrogen and oxygen atoms in total. The summed E-state index contributed by atoms with van der Waals surface area (Å²) in [7, 11) is 0. The molecule has 0 radical (unpaired) electrons. The summed E-state index contributed by atoms with van der Waals surface area (Å²) in [5.41, 5.74) is 0.744. The van der Waals surface area contributed by atoms with Crippen molar-refractivity contribution in [2.24, 2.45) is 10.9 Å². The van der Waals surface area contributed by atoms with Gasteiger partial charge in [-0.1, -0.05) is 60.6 Å². The fourth-order valence-electron chi connectivity index (χ4n) is 2.53.